The lowest BCUT2D eigenvalue weighted by atomic mass is 9.77. The fourth-order valence-electron chi connectivity index (χ4n) is 4.27. The molecule has 4 rings (SSSR count). The Morgan fingerprint density at radius 2 is 1.64 bits per heavy atom. The molecule has 150 valence electrons. The van der Waals surface area contributed by atoms with Crippen LogP contribution in [-0.4, -0.2) is 28.2 Å². The third kappa shape index (κ3) is 4.33. The van der Waals surface area contributed by atoms with Gasteiger partial charge in [-0.25, -0.2) is 13.1 Å². The number of benzene rings is 2. The zero-order valence-electron chi connectivity index (χ0n) is 16.0. The number of rotatable bonds is 6. The number of nitrogens with one attached hydrogen (secondary N) is 1. The van der Waals surface area contributed by atoms with Crippen molar-refractivity contribution in [2.45, 2.75) is 42.9 Å². The van der Waals surface area contributed by atoms with Gasteiger partial charge in [0, 0.05) is 18.5 Å². The van der Waals surface area contributed by atoms with E-state index in [2.05, 4.69) is 16.9 Å². The predicted molar refractivity (Wildman–Crippen MR) is 108 cm³/mol. The Morgan fingerprint density at radius 3 is 2.39 bits per heavy atom. The Morgan fingerprint density at radius 1 is 0.929 bits per heavy atom. The van der Waals surface area contributed by atoms with Gasteiger partial charge in [-0.3, -0.25) is 0 Å². The van der Waals surface area contributed by atoms with E-state index in [1.165, 1.54) is 24.8 Å². The van der Waals surface area contributed by atoms with Crippen LogP contribution in [0.1, 0.15) is 43.6 Å². The molecule has 0 amide bonds. The maximum atomic E-state index is 12.9. The van der Waals surface area contributed by atoms with Crippen molar-refractivity contribution in [3.63, 3.8) is 0 Å². The van der Waals surface area contributed by atoms with Crippen LogP contribution in [-0.2, 0) is 10.0 Å². The molecule has 5 nitrogen and oxygen atoms in total. The Labute approximate surface area is 167 Å². The average molecular weight is 402 g/mol. The van der Waals surface area contributed by atoms with Gasteiger partial charge >= 0.3 is 0 Å². The Balaban J connectivity index is 1.52. The molecule has 1 saturated carbocycles. The molecule has 0 spiro atoms. The second-order valence-corrected chi connectivity index (χ2v) is 9.34. The van der Waals surface area contributed by atoms with Crippen LogP contribution < -0.4 is 14.2 Å². The highest BCUT2D eigenvalue weighted by Crippen LogP contribution is 2.36. The van der Waals surface area contributed by atoms with Gasteiger partial charge in [-0.05, 0) is 36.5 Å². The minimum Gasteiger partial charge on any atom is -0.486 e. The minimum absolute atomic E-state index is 0.188. The average Bonchev–Trinajstić information content (AvgIpc) is 2.75. The van der Waals surface area contributed by atoms with Crippen molar-refractivity contribution in [3.8, 4) is 11.5 Å². The molecule has 1 atom stereocenters. The summed E-state index contributed by atoms with van der Waals surface area (Å²) in [5, 5.41) is 0. The summed E-state index contributed by atoms with van der Waals surface area (Å²) >= 11 is 0. The van der Waals surface area contributed by atoms with E-state index >= 15 is 0 Å². The monoisotopic (exact) mass is 401 g/mol. The van der Waals surface area contributed by atoms with Crippen LogP contribution in [0.3, 0.4) is 0 Å². The molecule has 0 radical (unpaired) electrons. The van der Waals surface area contributed by atoms with E-state index in [1.54, 1.807) is 18.2 Å². The van der Waals surface area contributed by atoms with Crippen molar-refractivity contribution < 1.29 is 17.9 Å². The van der Waals surface area contributed by atoms with Crippen LogP contribution in [0.15, 0.2) is 53.4 Å². The highest BCUT2D eigenvalue weighted by atomic mass is 32.2. The van der Waals surface area contributed by atoms with Crippen LogP contribution in [0.4, 0.5) is 0 Å². The summed E-state index contributed by atoms with van der Waals surface area (Å²) in [5.41, 5.74) is 1.21. The van der Waals surface area contributed by atoms with Gasteiger partial charge in [-0.2, -0.15) is 0 Å². The highest BCUT2D eigenvalue weighted by Gasteiger charge is 2.27. The van der Waals surface area contributed by atoms with Crippen molar-refractivity contribution in [2.75, 3.05) is 19.8 Å². The SMILES string of the molecule is O=S(=O)(NC[C@H](c1ccccc1)C1CCCCC1)c1ccc2c(c1)OCCO2. The third-order valence-electron chi connectivity index (χ3n) is 5.76. The lowest BCUT2D eigenvalue weighted by Gasteiger charge is -2.31. The quantitative estimate of drug-likeness (QED) is 0.791. The van der Waals surface area contributed by atoms with E-state index in [9.17, 15) is 8.42 Å². The van der Waals surface area contributed by atoms with Gasteiger partial charge in [0.15, 0.2) is 11.5 Å². The van der Waals surface area contributed by atoms with Gasteiger partial charge in [0.05, 0.1) is 4.90 Å². The molecule has 0 aromatic heterocycles. The molecular formula is C22H27NO4S. The molecule has 0 unspecified atom stereocenters. The maximum absolute atomic E-state index is 12.9. The van der Waals surface area contributed by atoms with Crippen molar-refractivity contribution >= 4 is 10.0 Å². The van der Waals surface area contributed by atoms with Crippen molar-refractivity contribution in [2.24, 2.45) is 5.92 Å². The van der Waals surface area contributed by atoms with Gasteiger partial charge in [0.1, 0.15) is 13.2 Å². The largest absolute Gasteiger partial charge is 0.486 e. The molecule has 28 heavy (non-hydrogen) atoms. The molecular weight excluding hydrogens is 374 g/mol. The lowest BCUT2D eigenvalue weighted by molar-refractivity contribution is 0.171. The number of sulfonamides is 1. The van der Waals surface area contributed by atoms with Crippen molar-refractivity contribution in [1.29, 1.82) is 0 Å². The molecule has 1 aliphatic carbocycles. The number of ether oxygens (including phenoxy) is 2. The molecule has 0 bridgehead atoms. The van der Waals surface area contributed by atoms with Crippen molar-refractivity contribution in [1.82, 2.24) is 4.72 Å². The van der Waals surface area contributed by atoms with Crippen LogP contribution in [0, 0.1) is 5.92 Å². The zero-order chi connectivity index (χ0) is 19.4. The second kappa shape index (κ2) is 8.53. The summed E-state index contributed by atoms with van der Waals surface area (Å²) < 4.78 is 39.7. The normalized spacial score (nSPS) is 18.6. The van der Waals surface area contributed by atoms with E-state index in [-0.39, 0.29) is 10.8 Å². The number of fused-ring (bicyclic) bond motifs is 1. The fourth-order valence-corrected chi connectivity index (χ4v) is 5.34. The van der Waals surface area contributed by atoms with Gasteiger partial charge < -0.3 is 9.47 Å². The lowest BCUT2D eigenvalue weighted by Crippen LogP contribution is -2.32. The Hall–Kier alpha value is -2.05. The first-order valence-electron chi connectivity index (χ1n) is 10.1. The third-order valence-corrected chi connectivity index (χ3v) is 7.19. The molecule has 1 aliphatic heterocycles. The molecule has 1 heterocycles. The van der Waals surface area contributed by atoms with Crippen LogP contribution in [0.2, 0.25) is 0 Å². The standard InChI is InChI=1S/C22H27NO4S/c24-28(25,19-11-12-21-22(15-19)27-14-13-26-21)23-16-20(17-7-3-1-4-8-17)18-9-5-2-6-10-18/h1,3-4,7-8,11-12,15,18,20,23H,2,5-6,9-10,13-14,16H2/t20-/m1/s1. The van der Waals surface area contributed by atoms with E-state index in [0.29, 0.717) is 37.2 Å². The van der Waals surface area contributed by atoms with E-state index in [1.807, 2.05) is 18.2 Å². The molecule has 1 fully saturated rings. The summed E-state index contributed by atoms with van der Waals surface area (Å²) in [6.07, 6.45) is 6.05. The second-order valence-electron chi connectivity index (χ2n) is 7.57. The van der Waals surface area contributed by atoms with E-state index in [0.717, 1.165) is 12.8 Å². The topological polar surface area (TPSA) is 64.6 Å². The summed E-state index contributed by atoms with van der Waals surface area (Å²) in [6, 6.07) is 15.1. The summed E-state index contributed by atoms with van der Waals surface area (Å²) in [7, 11) is -3.62. The summed E-state index contributed by atoms with van der Waals surface area (Å²) in [5.74, 6) is 1.78. The predicted octanol–water partition coefficient (Wildman–Crippen LogP) is 4.10. The highest BCUT2D eigenvalue weighted by molar-refractivity contribution is 7.89. The van der Waals surface area contributed by atoms with Gasteiger partial charge in [0.2, 0.25) is 10.0 Å². The van der Waals surface area contributed by atoms with Gasteiger partial charge in [-0.15, -0.1) is 0 Å². The molecule has 6 heteroatoms. The smallest absolute Gasteiger partial charge is 0.240 e. The van der Waals surface area contributed by atoms with Crippen LogP contribution in [0.25, 0.3) is 0 Å². The van der Waals surface area contributed by atoms with E-state index in [4.69, 9.17) is 9.47 Å². The Kier molecular flexibility index (Phi) is 5.87. The molecule has 2 aliphatic rings. The first-order valence-corrected chi connectivity index (χ1v) is 11.6. The maximum Gasteiger partial charge on any atom is 0.240 e. The first kappa shape index (κ1) is 19.3. The van der Waals surface area contributed by atoms with Crippen molar-refractivity contribution in [3.05, 3.63) is 54.1 Å². The number of hydrogen-bond acceptors (Lipinski definition) is 4. The zero-order valence-corrected chi connectivity index (χ0v) is 16.8. The fraction of sp³-hybridized carbons (Fsp3) is 0.455. The Bertz CT molecular complexity index is 892. The van der Waals surface area contributed by atoms with Gasteiger partial charge in [0.25, 0.3) is 0 Å². The van der Waals surface area contributed by atoms with E-state index < -0.39 is 10.0 Å². The molecule has 1 N–H and O–H groups in total. The van der Waals surface area contributed by atoms with Gasteiger partial charge in [-0.1, -0.05) is 49.6 Å². The first-order chi connectivity index (χ1) is 13.6. The van der Waals surface area contributed by atoms with Crippen LogP contribution >= 0.6 is 0 Å². The number of hydrogen-bond donors (Lipinski definition) is 1. The molecule has 2 aromatic carbocycles. The summed E-state index contributed by atoms with van der Waals surface area (Å²) in [4.78, 5) is 0.215. The summed E-state index contributed by atoms with van der Waals surface area (Å²) in [6.45, 7) is 1.32. The molecule has 2 aromatic rings. The minimum atomic E-state index is -3.62. The van der Waals surface area contributed by atoms with Crippen LogP contribution in [0.5, 0.6) is 11.5 Å². The molecule has 0 saturated heterocycles.